The van der Waals surface area contributed by atoms with Crippen LogP contribution in [0.1, 0.15) is 12.5 Å². The number of amidine groups is 1. The number of aliphatic imine (C=N–C) groups is 1. The Balaban J connectivity index is 2.09. The zero-order valence-corrected chi connectivity index (χ0v) is 17.9. The van der Waals surface area contributed by atoms with E-state index < -0.39 is 24.2 Å². The third-order valence-corrected chi connectivity index (χ3v) is 3.96. The molecule has 0 unspecified atom stereocenters. The molecule has 0 atom stereocenters. The van der Waals surface area contributed by atoms with Gasteiger partial charge in [-0.1, -0.05) is 0 Å². The molecule has 0 spiro atoms. The molecular weight excluding hydrogens is 428 g/mol. The second kappa shape index (κ2) is 11.4. The maximum Gasteiger partial charge on any atom is 0.354 e. The van der Waals surface area contributed by atoms with Crippen molar-refractivity contribution in [1.82, 2.24) is 9.97 Å². The van der Waals surface area contributed by atoms with Gasteiger partial charge in [-0.2, -0.15) is 0 Å². The Morgan fingerprint density at radius 1 is 1.19 bits per heavy atom. The highest BCUT2D eigenvalue weighted by atomic mass is 19.1. The van der Waals surface area contributed by atoms with Crippen molar-refractivity contribution < 1.29 is 32.5 Å². The zero-order valence-electron chi connectivity index (χ0n) is 17.9. The first-order valence-corrected chi connectivity index (χ1v) is 9.26. The first-order chi connectivity index (χ1) is 15.3. The first kappa shape index (κ1) is 24.3. The summed E-state index contributed by atoms with van der Waals surface area (Å²) in [7, 11) is 3.98. The van der Waals surface area contributed by atoms with Gasteiger partial charge < -0.3 is 30.0 Å². The van der Waals surface area contributed by atoms with Crippen LogP contribution >= 0.6 is 0 Å². The average Bonchev–Trinajstić information content (AvgIpc) is 2.79. The SMILES string of the molecule is CCOC(=O)/C(N)=C/C(=NC)Nc1ncc(OCc2c(F)c(OC)cc(OC)c2F)cn1. The fourth-order valence-electron chi connectivity index (χ4n) is 2.37. The van der Waals surface area contributed by atoms with Crippen molar-refractivity contribution in [3.8, 4) is 17.2 Å². The molecule has 1 aromatic heterocycles. The summed E-state index contributed by atoms with van der Waals surface area (Å²) in [6.45, 7) is 1.38. The van der Waals surface area contributed by atoms with Crippen LogP contribution in [0.15, 0.2) is 35.2 Å². The smallest absolute Gasteiger partial charge is 0.354 e. The minimum atomic E-state index is -0.903. The number of hydrogen-bond donors (Lipinski definition) is 2. The number of ether oxygens (including phenoxy) is 4. The number of nitrogens with zero attached hydrogens (tertiary/aromatic N) is 3. The number of hydrogen-bond acceptors (Lipinski definition) is 9. The number of halogens is 2. The summed E-state index contributed by atoms with van der Waals surface area (Å²) in [5, 5.41) is 2.76. The van der Waals surface area contributed by atoms with Gasteiger partial charge >= 0.3 is 5.97 Å². The van der Waals surface area contributed by atoms with Crippen molar-refractivity contribution in [2.45, 2.75) is 13.5 Å². The summed E-state index contributed by atoms with van der Waals surface area (Å²) in [6.07, 6.45) is 3.84. The van der Waals surface area contributed by atoms with Crippen molar-refractivity contribution in [2.75, 3.05) is 33.2 Å². The van der Waals surface area contributed by atoms with Crippen molar-refractivity contribution in [2.24, 2.45) is 10.7 Å². The van der Waals surface area contributed by atoms with E-state index in [-0.39, 0.29) is 46.9 Å². The molecule has 1 heterocycles. The quantitative estimate of drug-likeness (QED) is 0.255. The molecule has 0 amide bonds. The second-order valence-electron chi connectivity index (χ2n) is 5.97. The Morgan fingerprint density at radius 3 is 2.28 bits per heavy atom. The molecule has 32 heavy (non-hydrogen) atoms. The number of nitrogens with two attached hydrogens (primary N) is 1. The Hall–Kier alpha value is -3.96. The summed E-state index contributed by atoms with van der Waals surface area (Å²) >= 11 is 0. The largest absolute Gasteiger partial charge is 0.494 e. The van der Waals surface area contributed by atoms with Crippen molar-refractivity contribution in [3.63, 3.8) is 0 Å². The normalized spacial score (nSPS) is 11.7. The van der Waals surface area contributed by atoms with E-state index in [2.05, 4.69) is 20.3 Å². The fourth-order valence-corrected chi connectivity index (χ4v) is 2.37. The molecule has 0 aliphatic rings. The second-order valence-corrected chi connectivity index (χ2v) is 5.97. The van der Waals surface area contributed by atoms with Crippen molar-refractivity contribution >= 4 is 17.8 Å². The van der Waals surface area contributed by atoms with E-state index >= 15 is 0 Å². The number of esters is 1. The van der Waals surface area contributed by atoms with Gasteiger partial charge in [0.2, 0.25) is 5.95 Å². The Bertz CT molecular complexity index is 984. The molecule has 0 bridgehead atoms. The lowest BCUT2D eigenvalue weighted by Gasteiger charge is -2.13. The monoisotopic (exact) mass is 451 g/mol. The molecule has 1 aromatic carbocycles. The standard InChI is InChI=1S/C20H23F2N5O5/c1-5-31-19(28)13(23)6-16(24-2)27-20-25-8-11(9-26-20)32-10-12-17(21)14(29-3)7-15(30-4)18(12)22/h6-9H,5,10,23H2,1-4H3,(H,24,25,26,27)/b13-6-. The highest BCUT2D eigenvalue weighted by Crippen LogP contribution is 2.31. The van der Waals surface area contributed by atoms with E-state index in [4.69, 9.17) is 24.7 Å². The van der Waals surface area contributed by atoms with E-state index in [1.54, 1.807) is 6.92 Å². The minimum absolute atomic E-state index is 0.117. The molecule has 10 nitrogen and oxygen atoms in total. The van der Waals surface area contributed by atoms with Gasteiger partial charge in [-0.05, 0) is 6.92 Å². The van der Waals surface area contributed by atoms with E-state index in [9.17, 15) is 13.6 Å². The van der Waals surface area contributed by atoms with Crippen LogP contribution in [-0.2, 0) is 16.1 Å². The van der Waals surface area contributed by atoms with E-state index in [0.717, 1.165) is 6.07 Å². The Morgan fingerprint density at radius 2 is 1.78 bits per heavy atom. The molecule has 0 aliphatic heterocycles. The highest BCUT2D eigenvalue weighted by molar-refractivity contribution is 6.06. The van der Waals surface area contributed by atoms with Crippen LogP contribution in [-0.4, -0.2) is 49.6 Å². The number of nitrogens with one attached hydrogen (secondary N) is 1. The van der Waals surface area contributed by atoms with Gasteiger partial charge in [0, 0.05) is 19.2 Å². The van der Waals surface area contributed by atoms with E-state index in [0.29, 0.717) is 0 Å². The summed E-state index contributed by atoms with van der Waals surface area (Å²) in [5.74, 6) is -2.39. The third kappa shape index (κ3) is 6.03. The minimum Gasteiger partial charge on any atom is -0.494 e. The van der Waals surface area contributed by atoms with Crippen LogP contribution in [0.3, 0.4) is 0 Å². The van der Waals surface area contributed by atoms with Crippen LogP contribution < -0.4 is 25.3 Å². The predicted octanol–water partition coefficient (Wildman–Crippen LogP) is 2.20. The topological polar surface area (TPSA) is 130 Å². The van der Waals surface area contributed by atoms with Gasteiger partial charge in [0.05, 0.1) is 38.8 Å². The van der Waals surface area contributed by atoms with Crippen LogP contribution in [0.2, 0.25) is 0 Å². The Kier molecular flexibility index (Phi) is 8.69. The fraction of sp³-hybridized carbons (Fsp3) is 0.300. The molecule has 0 aliphatic carbocycles. The number of carbonyl (C=O) groups is 1. The molecule has 172 valence electrons. The van der Waals surface area contributed by atoms with Crippen LogP contribution in [0.4, 0.5) is 14.7 Å². The lowest BCUT2D eigenvalue weighted by atomic mass is 10.1. The lowest BCUT2D eigenvalue weighted by molar-refractivity contribution is -0.138. The van der Waals surface area contributed by atoms with E-state index in [1.165, 1.54) is 39.7 Å². The van der Waals surface area contributed by atoms with Gasteiger partial charge in [-0.3, -0.25) is 4.99 Å². The van der Waals surface area contributed by atoms with Crippen LogP contribution in [0.5, 0.6) is 17.2 Å². The third-order valence-electron chi connectivity index (χ3n) is 3.96. The van der Waals surface area contributed by atoms with Gasteiger partial charge in [0.15, 0.2) is 28.9 Å². The van der Waals surface area contributed by atoms with Crippen LogP contribution in [0, 0.1) is 11.6 Å². The Labute approximate surface area is 183 Å². The van der Waals surface area contributed by atoms with E-state index in [1.807, 2.05) is 0 Å². The number of anilines is 1. The first-order valence-electron chi connectivity index (χ1n) is 9.26. The molecule has 0 saturated heterocycles. The molecule has 0 fully saturated rings. The van der Waals surface area contributed by atoms with Crippen molar-refractivity contribution in [3.05, 3.63) is 47.4 Å². The number of carbonyl (C=O) groups excluding carboxylic acids is 1. The lowest BCUT2D eigenvalue weighted by Crippen LogP contribution is -2.19. The molecule has 12 heteroatoms. The maximum absolute atomic E-state index is 14.4. The summed E-state index contributed by atoms with van der Waals surface area (Å²) in [6, 6.07) is 1.10. The molecule has 2 aromatic rings. The van der Waals surface area contributed by atoms with Crippen molar-refractivity contribution in [1.29, 1.82) is 0 Å². The summed E-state index contributed by atoms with van der Waals surface area (Å²) < 4.78 is 48.8. The predicted molar refractivity (Wildman–Crippen MR) is 112 cm³/mol. The van der Waals surface area contributed by atoms with Gasteiger partial charge in [0.25, 0.3) is 0 Å². The number of benzene rings is 1. The molecule has 0 saturated carbocycles. The average molecular weight is 451 g/mol. The number of aromatic nitrogens is 2. The zero-order chi connectivity index (χ0) is 23.7. The number of rotatable bonds is 9. The highest BCUT2D eigenvalue weighted by Gasteiger charge is 2.20. The molecule has 0 radical (unpaired) electrons. The maximum atomic E-state index is 14.4. The molecular formula is C20H23F2N5O5. The van der Waals surface area contributed by atoms with Gasteiger partial charge in [-0.15, -0.1) is 0 Å². The van der Waals surface area contributed by atoms with Crippen LogP contribution in [0.25, 0.3) is 0 Å². The summed E-state index contributed by atoms with van der Waals surface area (Å²) in [5.41, 5.74) is 5.12. The van der Waals surface area contributed by atoms with Gasteiger partial charge in [0.1, 0.15) is 18.1 Å². The molecule has 2 rings (SSSR count). The molecule has 3 N–H and O–H groups in total. The number of methoxy groups -OCH3 is 2. The summed E-state index contributed by atoms with van der Waals surface area (Å²) in [4.78, 5) is 23.6. The van der Waals surface area contributed by atoms with Gasteiger partial charge in [-0.25, -0.2) is 23.5 Å².